The van der Waals surface area contributed by atoms with Gasteiger partial charge in [-0.3, -0.25) is 14.6 Å². The van der Waals surface area contributed by atoms with Crippen LogP contribution in [0.25, 0.3) is 0 Å². The number of hydrogen-bond acceptors (Lipinski definition) is 5. The summed E-state index contributed by atoms with van der Waals surface area (Å²) in [5.41, 5.74) is 0.968. The van der Waals surface area contributed by atoms with Gasteiger partial charge < -0.3 is 9.42 Å². The molecule has 6 nitrogen and oxygen atoms in total. The number of hydrogen-bond donors (Lipinski definition) is 0. The average molecular weight is 318 g/mol. The zero-order chi connectivity index (χ0) is 16.7. The van der Waals surface area contributed by atoms with Gasteiger partial charge in [-0.15, -0.1) is 13.2 Å². The summed E-state index contributed by atoms with van der Waals surface area (Å²) in [4.78, 5) is 18.6. The van der Waals surface area contributed by atoms with E-state index in [0.717, 1.165) is 44.2 Å². The largest absolute Gasteiger partial charge is 0.361 e. The molecule has 1 aromatic rings. The van der Waals surface area contributed by atoms with Crippen molar-refractivity contribution in [3.63, 3.8) is 0 Å². The molecule has 23 heavy (non-hydrogen) atoms. The van der Waals surface area contributed by atoms with Crippen molar-refractivity contribution in [2.24, 2.45) is 0 Å². The molecular weight excluding hydrogens is 292 g/mol. The number of rotatable bonds is 8. The van der Waals surface area contributed by atoms with Crippen molar-refractivity contribution >= 4 is 5.91 Å². The Kier molecular flexibility index (Phi) is 6.55. The van der Waals surface area contributed by atoms with Crippen LogP contribution in [0.4, 0.5) is 0 Å². The van der Waals surface area contributed by atoms with Crippen molar-refractivity contribution in [1.29, 1.82) is 0 Å². The minimum atomic E-state index is 0.130. The second-order valence-corrected chi connectivity index (χ2v) is 5.86. The van der Waals surface area contributed by atoms with Gasteiger partial charge in [0.1, 0.15) is 5.76 Å². The summed E-state index contributed by atoms with van der Waals surface area (Å²) in [7, 11) is 0. The maximum absolute atomic E-state index is 12.3. The van der Waals surface area contributed by atoms with Crippen molar-refractivity contribution in [1.82, 2.24) is 19.9 Å². The van der Waals surface area contributed by atoms with Gasteiger partial charge >= 0.3 is 0 Å². The zero-order valence-corrected chi connectivity index (χ0v) is 13.9. The molecule has 0 aromatic carbocycles. The molecule has 1 aliphatic rings. The molecule has 1 aromatic heterocycles. The van der Waals surface area contributed by atoms with E-state index < -0.39 is 0 Å². The molecule has 0 saturated carbocycles. The Hall–Kier alpha value is -1.92. The van der Waals surface area contributed by atoms with Gasteiger partial charge in [0.15, 0.2) is 0 Å². The predicted molar refractivity (Wildman–Crippen MR) is 89.9 cm³/mol. The monoisotopic (exact) mass is 318 g/mol. The van der Waals surface area contributed by atoms with Gasteiger partial charge in [0.05, 0.1) is 12.2 Å². The molecule has 0 aliphatic carbocycles. The van der Waals surface area contributed by atoms with Crippen LogP contribution in [0.15, 0.2) is 35.9 Å². The molecule has 1 saturated heterocycles. The smallest absolute Gasteiger partial charge is 0.237 e. The van der Waals surface area contributed by atoms with E-state index in [1.54, 1.807) is 17.1 Å². The first-order valence-electron chi connectivity index (χ1n) is 7.99. The Morgan fingerprint density at radius 3 is 2.39 bits per heavy atom. The number of aromatic nitrogens is 1. The summed E-state index contributed by atoms with van der Waals surface area (Å²) < 4.78 is 5.10. The number of amides is 1. The van der Waals surface area contributed by atoms with Gasteiger partial charge in [-0.1, -0.05) is 17.3 Å². The van der Waals surface area contributed by atoms with E-state index in [1.807, 2.05) is 13.0 Å². The van der Waals surface area contributed by atoms with Crippen molar-refractivity contribution in [3.8, 4) is 0 Å². The van der Waals surface area contributed by atoms with E-state index in [1.165, 1.54) is 0 Å². The van der Waals surface area contributed by atoms with Crippen LogP contribution in [0, 0.1) is 6.92 Å². The molecule has 0 unspecified atom stereocenters. The number of carbonyl (C=O) groups is 1. The van der Waals surface area contributed by atoms with E-state index in [9.17, 15) is 4.79 Å². The van der Waals surface area contributed by atoms with E-state index >= 15 is 0 Å². The minimum absolute atomic E-state index is 0.130. The second-order valence-electron chi connectivity index (χ2n) is 5.86. The Morgan fingerprint density at radius 1 is 1.26 bits per heavy atom. The van der Waals surface area contributed by atoms with Crippen LogP contribution in [0.5, 0.6) is 0 Å². The van der Waals surface area contributed by atoms with Gasteiger partial charge in [0.2, 0.25) is 5.91 Å². The van der Waals surface area contributed by atoms with E-state index in [4.69, 9.17) is 4.52 Å². The van der Waals surface area contributed by atoms with Gasteiger partial charge in [0.25, 0.3) is 0 Å². The lowest BCUT2D eigenvalue weighted by atomic mass is 10.2. The van der Waals surface area contributed by atoms with Crippen LogP contribution < -0.4 is 0 Å². The third-order valence-electron chi connectivity index (χ3n) is 3.94. The first-order valence-corrected chi connectivity index (χ1v) is 7.99. The number of carbonyl (C=O) groups excluding carboxylic acids is 1. The van der Waals surface area contributed by atoms with Gasteiger partial charge in [0, 0.05) is 51.9 Å². The van der Waals surface area contributed by atoms with E-state index in [-0.39, 0.29) is 5.91 Å². The number of aryl methyl sites for hydroxylation is 1. The van der Waals surface area contributed by atoms with Crippen molar-refractivity contribution in [2.45, 2.75) is 13.5 Å². The Morgan fingerprint density at radius 2 is 1.87 bits per heavy atom. The fourth-order valence-electron chi connectivity index (χ4n) is 2.71. The topological polar surface area (TPSA) is 52.8 Å². The normalized spacial score (nSPS) is 16.2. The highest BCUT2D eigenvalue weighted by Gasteiger charge is 2.21. The molecule has 0 radical (unpaired) electrons. The molecule has 0 atom stereocenters. The summed E-state index contributed by atoms with van der Waals surface area (Å²) in [6, 6.07) is 1.97. The fraction of sp³-hybridized carbons (Fsp3) is 0.529. The van der Waals surface area contributed by atoms with E-state index in [0.29, 0.717) is 19.6 Å². The Labute approximate surface area is 138 Å². The average Bonchev–Trinajstić information content (AvgIpc) is 2.94. The standard InChI is InChI=1S/C17H26N4O2/c1-4-6-21(7-5-2)17(22)14-20-10-8-19(9-11-20)13-16-12-15(3)23-18-16/h4-5,12H,1-2,6-11,13-14H2,3H3. The minimum Gasteiger partial charge on any atom is -0.361 e. The lowest BCUT2D eigenvalue weighted by Gasteiger charge is -2.34. The van der Waals surface area contributed by atoms with Crippen LogP contribution in [-0.2, 0) is 11.3 Å². The molecule has 1 aliphatic heterocycles. The molecule has 0 bridgehead atoms. The maximum Gasteiger partial charge on any atom is 0.237 e. The first kappa shape index (κ1) is 17.4. The van der Waals surface area contributed by atoms with Gasteiger partial charge in [-0.05, 0) is 6.92 Å². The summed E-state index contributed by atoms with van der Waals surface area (Å²) in [5.74, 6) is 0.971. The molecular formula is C17H26N4O2. The molecule has 0 N–H and O–H groups in total. The Balaban J connectivity index is 1.76. The zero-order valence-electron chi connectivity index (χ0n) is 13.9. The van der Waals surface area contributed by atoms with Crippen LogP contribution in [0.2, 0.25) is 0 Å². The maximum atomic E-state index is 12.3. The van der Waals surface area contributed by atoms with Crippen molar-refractivity contribution < 1.29 is 9.32 Å². The van der Waals surface area contributed by atoms with Crippen LogP contribution >= 0.6 is 0 Å². The Bertz CT molecular complexity index is 522. The molecule has 2 heterocycles. The summed E-state index contributed by atoms with van der Waals surface area (Å²) >= 11 is 0. The molecule has 126 valence electrons. The van der Waals surface area contributed by atoms with E-state index in [2.05, 4.69) is 28.1 Å². The molecule has 1 amide bonds. The molecule has 2 rings (SSSR count). The van der Waals surface area contributed by atoms with Crippen LogP contribution in [0.1, 0.15) is 11.5 Å². The third kappa shape index (κ3) is 5.33. The second kappa shape index (κ2) is 8.64. The third-order valence-corrected chi connectivity index (χ3v) is 3.94. The fourth-order valence-corrected chi connectivity index (χ4v) is 2.71. The number of nitrogens with zero attached hydrogens (tertiary/aromatic N) is 4. The highest BCUT2D eigenvalue weighted by Crippen LogP contribution is 2.09. The van der Waals surface area contributed by atoms with Crippen LogP contribution in [0.3, 0.4) is 0 Å². The van der Waals surface area contributed by atoms with Crippen molar-refractivity contribution in [3.05, 3.63) is 42.8 Å². The summed E-state index contributed by atoms with van der Waals surface area (Å²) in [6.45, 7) is 15.3. The highest BCUT2D eigenvalue weighted by molar-refractivity contribution is 5.78. The predicted octanol–water partition coefficient (Wildman–Crippen LogP) is 1.30. The van der Waals surface area contributed by atoms with Crippen LogP contribution in [-0.4, -0.2) is 71.6 Å². The lowest BCUT2D eigenvalue weighted by Crippen LogP contribution is -2.49. The van der Waals surface area contributed by atoms with Gasteiger partial charge in [-0.2, -0.15) is 0 Å². The lowest BCUT2D eigenvalue weighted by molar-refractivity contribution is -0.131. The molecule has 0 spiro atoms. The van der Waals surface area contributed by atoms with Crippen molar-refractivity contribution in [2.75, 3.05) is 45.8 Å². The highest BCUT2D eigenvalue weighted by atomic mass is 16.5. The first-order chi connectivity index (χ1) is 11.1. The van der Waals surface area contributed by atoms with Gasteiger partial charge in [-0.25, -0.2) is 0 Å². The SMILES string of the molecule is C=CCN(CC=C)C(=O)CN1CCN(Cc2cc(C)on2)CC1. The number of piperazine rings is 1. The summed E-state index contributed by atoms with van der Waals surface area (Å²) in [5, 5.41) is 4.03. The quantitative estimate of drug-likeness (QED) is 0.676. The molecule has 6 heteroatoms. The summed E-state index contributed by atoms with van der Waals surface area (Å²) in [6.07, 6.45) is 3.50. The molecule has 1 fully saturated rings.